The number of aliphatic carboxylic acids is 2. The molecular formula is C25H39N7O9. The molecule has 16 heteroatoms. The summed E-state index contributed by atoms with van der Waals surface area (Å²) in [6.07, 6.45) is 3.13. The predicted molar refractivity (Wildman–Crippen MR) is 142 cm³/mol. The third kappa shape index (κ3) is 10.1. The molecule has 1 fully saturated rings. The van der Waals surface area contributed by atoms with E-state index in [1.54, 1.807) is 13.8 Å². The number of imidazole rings is 1. The molecule has 1 aliphatic rings. The van der Waals surface area contributed by atoms with Crippen LogP contribution in [0.25, 0.3) is 0 Å². The lowest BCUT2D eigenvalue weighted by molar-refractivity contribution is -0.145. The van der Waals surface area contributed by atoms with E-state index in [1.807, 2.05) is 0 Å². The predicted octanol–water partition coefficient (Wildman–Crippen LogP) is -2.29. The Hall–Kier alpha value is -4.05. The minimum atomic E-state index is -1.44. The van der Waals surface area contributed by atoms with E-state index in [9.17, 15) is 39.0 Å². The molecule has 0 aliphatic carbocycles. The summed E-state index contributed by atoms with van der Waals surface area (Å²) >= 11 is 0. The maximum atomic E-state index is 13.3. The highest BCUT2D eigenvalue weighted by Crippen LogP contribution is 2.19. The average molecular weight is 582 g/mol. The number of likely N-dealkylation sites (tertiary alicyclic amines) is 1. The lowest BCUT2D eigenvalue weighted by Gasteiger charge is -2.30. The molecule has 16 nitrogen and oxygen atoms in total. The van der Waals surface area contributed by atoms with Gasteiger partial charge in [-0.3, -0.25) is 24.0 Å². The number of nitrogens with two attached hydrogens (primary N) is 1. The van der Waals surface area contributed by atoms with Crippen molar-refractivity contribution in [3.8, 4) is 0 Å². The number of aliphatic hydroxyl groups excluding tert-OH is 1. The summed E-state index contributed by atoms with van der Waals surface area (Å²) in [7, 11) is 0. The van der Waals surface area contributed by atoms with Crippen molar-refractivity contribution in [2.45, 2.75) is 82.6 Å². The summed E-state index contributed by atoms with van der Waals surface area (Å²) in [6, 6.07) is -6.04. The first-order valence-corrected chi connectivity index (χ1v) is 13.3. The van der Waals surface area contributed by atoms with E-state index in [4.69, 9.17) is 10.8 Å². The Labute approximate surface area is 236 Å². The van der Waals surface area contributed by atoms with Crippen molar-refractivity contribution in [3.05, 3.63) is 18.2 Å². The van der Waals surface area contributed by atoms with Crippen molar-refractivity contribution in [2.75, 3.05) is 13.2 Å². The van der Waals surface area contributed by atoms with Gasteiger partial charge >= 0.3 is 11.9 Å². The van der Waals surface area contributed by atoms with Crippen LogP contribution in [0, 0.1) is 5.92 Å². The number of amides is 4. The number of carboxylic acid groups (broad SMARTS) is 2. The molecule has 1 aliphatic heterocycles. The summed E-state index contributed by atoms with van der Waals surface area (Å²) in [5.74, 6) is -5.41. The number of aliphatic hydroxyl groups is 1. The average Bonchev–Trinajstić information content (AvgIpc) is 3.61. The largest absolute Gasteiger partial charge is 0.481 e. The van der Waals surface area contributed by atoms with Gasteiger partial charge in [-0.1, -0.05) is 13.8 Å². The first kappa shape index (κ1) is 33.2. The van der Waals surface area contributed by atoms with Gasteiger partial charge in [0.15, 0.2) is 0 Å². The molecular weight excluding hydrogens is 542 g/mol. The van der Waals surface area contributed by atoms with E-state index in [0.717, 1.165) is 0 Å². The van der Waals surface area contributed by atoms with Crippen LogP contribution in [0.4, 0.5) is 0 Å². The van der Waals surface area contributed by atoms with Crippen LogP contribution in [0.2, 0.25) is 0 Å². The van der Waals surface area contributed by atoms with Crippen molar-refractivity contribution < 1.29 is 44.1 Å². The van der Waals surface area contributed by atoms with Gasteiger partial charge < -0.3 is 46.9 Å². The highest BCUT2D eigenvalue weighted by molar-refractivity contribution is 5.95. The fraction of sp³-hybridized carbons (Fsp3) is 0.640. The standard InChI is InChI=1S/C25H39N7O9/c1-13(2)8-16(29-21(36)15(26)5-6-20(34)35)22(37)31-18(11-33)24(39)32-7-3-4-19(32)23(38)30-17(25(40)41)9-14-10-27-12-28-14/h10,12-13,15-19,33H,3-9,11,26H2,1-2H3,(H,27,28)(H,29,36)(H,30,38)(H,31,37)(H,34,35)(H,40,41)/t15-,16-,17-,18-,19-/m0/s1. The number of hydrogen-bond acceptors (Lipinski definition) is 9. The molecule has 2 rings (SSSR count). The molecule has 9 N–H and O–H groups in total. The molecule has 0 aromatic carbocycles. The lowest BCUT2D eigenvalue weighted by Crippen LogP contribution is -2.59. The van der Waals surface area contributed by atoms with Crippen LogP contribution in [-0.2, 0) is 35.2 Å². The SMILES string of the molecule is CC(C)C[C@H](NC(=O)[C@@H](N)CCC(=O)O)C(=O)N[C@@H](CO)C(=O)N1CCC[C@H]1C(=O)N[C@@H](Cc1cnc[nH]1)C(=O)O. The second-order valence-electron chi connectivity index (χ2n) is 10.3. The zero-order valence-corrected chi connectivity index (χ0v) is 23.0. The quantitative estimate of drug-likeness (QED) is 0.103. The monoisotopic (exact) mass is 581 g/mol. The number of aromatic amines is 1. The Bertz CT molecular complexity index is 1080. The van der Waals surface area contributed by atoms with Gasteiger partial charge in [0, 0.05) is 31.3 Å². The number of rotatable bonds is 16. The number of nitrogens with zero attached hydrogens (tertiary/aromatic N) is 2. The Balaban J connectivity index is 2.08. The van der Waals surface area contributed by atoms with E-state index in [0.29, 0.717) is 12.1 Å². The Morgan fingerprint density at radius 2 is 1.76 bits per heavy atom. The van der Waals surface area contributed by atoms with Crippen LogP contribution in [0.5, 0.6) is 0 Å². The topological polar surface area (TPSA) is 257 Å². The smallest absolute Gasteiger partial charge is 0.326 e. The Kier molecular flexibility index (Phi) is 12.7. The van der Waals surface area contributed by atoms with Gasteiger partial charge in [0.25, 0.3) is 0 Å². The van der Waals surface area contributed by atoms with Crippen molar-refractivity contribution in [2.24, 2.45) is 11.7 Å². The molecule has 0 bridgehead atoms. The zero-order chi connectivity index (χ0) is 30.7. The second kappa shape index (κ2) is 15.7. The molecule has 0 spiro atoms. The molecule has 5 atom stereocenters. The van der Waals surface area contributed by atoms with Gasteiger partial charge in [-0.15, -0.1) is 0 Å². The van der Waals surface area contributed by atoms with E-state index in [-0.39, 0.29) is 44.6 Å². The molecule has 0 unspecified atom stereocenters. The Morgan fingerprint density at radius 1 is 1.07 bits per heavy atom. The first-order valence-electron chi connectivity index (χ1n) is 13.3. The van der Waals surface area contributed by atoms with Crippen LogP contribution in [0.1, 0.15) is 51.6 Å². The number of carbonyl (C=O) groups excluding carboxylic acids is 4. The van der Waals surface area contributed by atoms with E-state index in [2.05, 4.69) is 25.9 Å². The van der Waals surface area contributed by atoms with Crippen molar-refractivity contribution in [3.63, 3.8) is 0 Å². The molecule has 228 valence electrons. The maximum Gasteiger partial charge on any atom is 0.326 e. The molecule has 41 heavy (non-hydrogen) atoms. The Morgan fingerprint density at radius 3 is 2.32 bits per heavy atom. The number of aromatic nitrogens is 2. The minimum absolute atomic E-state index is 0.0556. The number of nitrogens with one attached hydrogen (secondary N) is 4. The summed E-state index contributed by atoms with van der Waals surface area (Å²) in [5, 5.41) is 35.7. The molecule has 0 saturated carbocycles. The molecule has 4 amide bonds. The highest BCUT2D eigenvalue weighted by Gasteiger charge is 2.39. The number of hydrogen-bond donors (Lipinski definition) is 8. The van der Waals surface area contributed by atoms with Gasteiger partial charge in [0.2, 0.25) is 23.6 Å². The molecule has 1 saturated heterocycles. The third-order valence-corrected chi connectivity index (χ3v) is 6.58. The van der Waals surface area contributed by atoms with E-state index >= 15 is 0 Å². The highest BCUT2D eigenvalue weighted by atomic mass is 16.4. The second-order valence-corrected chi connectivity index (χ2v) is 10.3. The minimum Gasteiger partial charge on any atom is -0.481 e. The van der Waals surface area contributed by atoms with Crippen LogP contribution in [-0.4, -0.2) is 109 Å². The van der Waals surface area contributed by atoms with Crippen molar-refractivity contribution in [1.29, 1.82) is 0 Å². The van der Waals surface area contributed by atoms with Gasteiger partial charge in [-0.05, 0) is 31.6 Å². The normalized spacial score (nSPS) is 17.8. The van der Waals surface area contributed by atoms with Crippen molar-refractivity contribution in [1.82, 2.24) is 30.8 Å². The fourth-order valence-electron chi connectivity index (χ4n) is 4.44. The molecule has 2 heterocycles. The molecule has 1 aromatic rings. The maximum absolute atomic E-state index is 13.3. The van der Waals surface area contributed by atoms with Gasteiger partial charge in [-0.2, -0.15) is 0 Å². The van der Waals surface area contributed by atoms with E-state index < -0.39 is 72.4 Å². The van der Waals surface area contributed by atoms with Crippen LogP contribution in [0.15, 0.2) is 12.5 Å². The van der Waals surface area contributed by atoms with Crippen LogP contribution < -0.4 is 21.7 Å². The first-order chi connectivity index (χ1) is 19.3. The zero-order valence-electron chi connectivity index (χ0n) is 23.0. The van der Waals surface area contributed by atoms with Crippen LogP contribution in [0.3, 0.4) is 0 Å². The molecule has 0 radical (unpaired) electrons. The summed E-state index contributed by atoms with van der Waals surface area (Å²) in [4.78, 5) is 82.1. The summed E-state index contributed by atoms with van der Waals surface area (Å²) < 4.78 is 0. The summed E-state index contributed by atoms with van der Waals surface area (Å²) in [6.45, 7) is 2.95. The third-order valence-electron chi connectivity index (χ3n) is 6.58. The van der Waals surface area contributed by atoms with Gasteiger partial charge in [-0.25, -0.2) is 9.78 Å². The summed E-state index contributed by atoms with van der Waals surface area (Å²) in [5.41, 5.74) is 6.24. The number of carbonyl (C=O) groups is 6. The lowest BCUT2D eigenvalue weighted by atomic mass is 10.0. The fourth-order valence-corrected chi connectivity index (χ4v) is 4.44. The van der Waals surface area contributed by atoms with Crippen molar-refractivity contribution >= 4 is 35.6 Å². The van der Waals surface area contributed by atoms with Crippen LogP contribution >= 0.6 is 0 Å². The number of carboxylic acids is 2. The number of H-pyrrole nitrogens is 1. The van der Waals surface area contributed by atoms with Gasteiger partial charge in [0.05, 0.1) is 19.0 Å². The van der Waals surface area contributed by atoms with Gasteiger partial charge in [0.1, 0.15) is 24.2 Å². The van der Waals surface area contributed by atoms with E-state index in [1.165, 1.54) is 17.4 Å². The molecule has 1 aromatic heterocycles.